The Balaban J connectivity index is 2.76. The van der Waals surface area contributed by atoms with Crippen LogP contribution in [0.2, 0.25) is 0 Å². The molecule has 0 aromatic carbocycles. The molecule has 0 saturated heterocycles. The topological polar surface area (TPSA) is 28.7 Å². The summed E-state index contributed by atoms with van der Waals surface area (Å²) in [5.41, 5.74) is 1.29. The van der Waals surface area contributed by atoms with Gasteiger partial charge >= 0.3 is 0 Å². The lowest BCUT2D eigenvalue weighted by Crippen LogP contribution is -2.17. The van der Waals surface area contributed by atoms with Crippen LogP contribution < -0.4 is 0 Å². The van der Waals surface area contributed by atoms with Gasteiger partial charge in [0.2, 0.25) is 0 Å². The summed E-state index contributed by atoms with van der Waals surface area (Å²) in [6.07, 6.45) is 10.7. The van der Waals surface area contributed by atoms with Crippen molar-refractivity contribution in [2.75, 3.05) is 0 Å². The zero-order valence-electron chi connectivity index (χ0n) is 9.22. The van der Waals surface area contributed by atoms with Gasteiger partial charge in [0.15, 0.2) is 5.82 Å². The number of rotatable bonds is 4. The van der Waals surface area contributed by atoms with Crippen molar-refractivity contribution < 1.29 is 0 Å². The summed E-state index contributed by atoms with van der Waals surface area (Å²) in [6, 6.07) is 0. The van der Waals surface area contributed by atoms with Gasteiger partial charge in [0.1, 0.15) is 0 Å². The molecule has 14 heavy (non-hydrogen) atoms. The molecule has 0 fully saturated rings. The maximum Gasteiger partial charge on any atom is 0.182 e. The fourth-order valence-corrected chi connectivity index (χ4v) is 1.49. The lowest BCUT2D eigenvalue weighted by molar-refractivity contribution is 0.447. The van der Waals surface area contributed by atoms with Gasteiger partial charge in [-0.05, 0) is 12.3 Å². The lowest BCUT2D eigenvalue weighted by Gasteiger charge is -2.22. The van der Waals surface area contributed by atoms with Gasteiger partial charge in [0.05, 0.1) is 0 Å². The van der Waals surface area contributed by atoms with Gasteiger partial charge in [-0.1, -0.05) is 33.6 Å². The number of terminal acetylenes is 1. The first kappa shape index (κ1) is 10.8. The Kier molecular flexibility index (Phi) is 3.35. The zero-order chi connectivity index (χ0) is 10.6. The molecule has 76 valence electrons. The molecule has 0 bridgehead atoms. The number of aromatic amines is 1. The van der Waals surface area contributed by atoms with E-state index in [-0.39, 0.29) is 5.41 Å². The minimum Gasteiger partial charge on any atom is -0.335 e. The van der Waals surface area contributed by atoms with Crippen LogP contribution in [-0.4, -0.2) is 9.97 Å². The monoisotopic (exact) mass is 190 g/mol. The van der Waals surface area contributed by atoms with Crippen molar-refractivity contribution in [1.82, 2.24) is 9.97 Å². The number of unbranched alkanes of at least 4 members (excludes halogenated alkanes) is 1. The summed E-state index contributed by atoms with van der Waals surface area (Å²) in [5.74, 6) is 3.14. The van der Waals surface area contributed by atoms with Gasteiger partial charge in [-0.3, -0.25) is 0 Å². The molecule has 0 aliphatic carbocycles. The fraction of sp³-hybridized carbons (Fsp3) is 0.583. The third-order valence-electron chi connectivity index (χ3n) is 2.60. The van der Waals surface area contributed by atoms with Crippen LogP contribution in [0.1, 0.15) is 51.6 Å². The molecule has 0 spiro atoms. The predicted octanol–water partition coefficient (Wildman–Crippen LogP) is 2.86. The molecular formula is C12H18N2. The Bertz CT molecular complexity index is 328. The summed E-state index contributed by atoms with van der Waals surface area (Å²) in [5, 5.41) is 0. The SMILES string of the molecule is C#Cc1ncc(C(C)(C)CCCC)[nH]1. The highest BCUT2D eigenvalue weighted by atomic mass is 14.9. The molecule has 2 heteroatoms. The number of nitrogens with zero attached hydrogens (tertiary/aromatic N) is 1. The summed E-state index contributed by atoms with van der Waals surface area (Å²) >= 11 is 0. The molecule has 1 aromatic heterocycles. The smallest absolute Gasteiger partial charge is 0.182 e. The Hall–Kier alpha value is -1.23. The van der Waals surface area contributed by atoms with E-state index in [9.17, 15) is 0 Å². The van der Waals surface area contributed by atoms with E-state index >= 15 is 0 Å². The Morgan fingerprint density at radius 3 is 2.79 bits per heavy atom. The zero-order valence-corrected chi connectivity index (χ0v) is 9.22. The van der Waals surface area contributed by atoms with Gasteiger partial charge in [-0.15, -0.1) is 6.42 Å². The van der Waals surface area contributed by atoms with Crippen LogP contribution in [0, 0.1) is 12.3 Å². The molecule has 0 saturated carbocycles. The summed E-state index contributed by atoms with van der Waals surface area (Å²) < 4.78 is 0. The molecule has 0 atom stereocenters. The highest BCUT2D eigenvalue weighted by molar-refractivity contribution is 5.21. The van der Waals surface area contributed by atoms with E-state index in [1.807, 2.05) is 6.20 Å². The molecule has 1 heterocycles. The molecular weight excluding hydrogens is 172 g/mol. The van der Waals surface area contributed by atoms with Gasteiger partial charge in [0.25, 0.3) is 0 Å². The van der Waals surface area contributed by atoms with Gasteiger partial charge in [-0.2, -0.15) is 0 Å². The lowest BCUT2D eigenvalue weighted by atomic mass is 9.84. The van der Waals surface area contributed by atoms with E-state index < -0.39 is 0 Å². The van der Waals surface area contributed by atoms with Gasteiger partial charge < -0.3 is 4.98 Å². The average molecular weight is 190 g/mol. The minimum absolute atomic E-state index is 0.151. The van der Waals surface area contributed by atoms with Crippen LogP contribution in [0.4, 0.5) is 0 Å². The van der Waals surface area contributed by atoms with Crippen LogP contribution in [-0.2, 0) is 5.41 Å². The predicted molar refractivity (Wildman–Crippen MR) is 59.1 cm³/mol. The standard InChI is InChI=1S/C12H18N2/c1-5-7-8-12(3,4)10-9-13-11(6-2)14-10/h2,9H,5,7-8H2,1,3-4H3,(H,13,14). The number of aromatic nitrogens is 2. The van der Waals surface area contributed by atoms with Crippen molar-refractivity contribution in [1.29, 1.82) is 0 Å². The van der Waals surface area contributed by atoms with E-state index in [0.29, 0.717) is 5.82 Å². The largest absolute Gasteiger partial charge is 0.335 e. The molecule has 0 unspecified atom stereocenters. The van der Waals surface area contributed by atoms with Crippen molar-refractivity contribution in [3.8, 4) is 12.3 Å². The molecule has 0 aliphatic rings. The van der Waals surface area contributed by atoms with Crippen LogP contribution in [0.5, 0.6) is 0 Å². The summed E-state index contributed by atoms with van der Waals surface area (Å²) in [7, 11) is 0. The van der Waals surface area contributed by atoms with E-state index in [1.165, 1.54) is 12.8 Å². The molecule has 1 aromatic rings. The van der Waals surface area contributed by atoms with Gasteiger partial charge in [0, 0.05) is 17.3 Å². The van der Waals surface area contributed by atoms with Crippen LogP contribution in [0.3, 0.4) is 0 Å². The Morgan fingerprint density at radius 2 is 2.29 bits per heavy atom. The number of imidazole rings is 1. The Morgan fingerprint density at radius 1 is 1.57 bits per heavy atom. The number of hydrogen-bond donors (Lipinski definition) is 1. The third-order valence-corrected chi connectivity index (χ3v) is 2.60. The van der Waals surface area contributed by atoms with Gasteiger partial charge in [-0.25, -0.2) is 4.98 Å². The second kappa shape index (κ2) is 4.32. The van der Waals surface area contributed by atoms with Crippen molar-refractivity contribution in [2.24, 2.45) is 0 Å². The van der Waals surface area contributed by atoms with Crippen molar-refractivity contribution >= 4 is 0 Å². The van der Waals surface area contributed by atoms with Crippen molar-refractivity contribution in [3.05, 3.63) is 17.7 Å². The number of nitrogens with one attached hydrogen (secondary N) is 1. The summed E-state index contributed by atoms with van der Waals surface area (Å²) in [6.45, 7) is 6.64. The molecule has 0 aliphatic heterocycles. The maximum atomic E-state index is 5.26. The van der Waals surface area contributed by atoms with Crippen LogP contribution in [0.25, 0.3) is 0 Å². The molecule has 2 nitrogen and oxygen atoms in total. The van der Waals surface area contributed by atoms with E-state index in [4.69, 9.17) is 6.42 Å². The molecule has 1 N–H and O–H groups in total. The van der Waals surface area contributed by atoms with Crippen molar-refractivity contribution in [2.45, 2.75) is 45.4 Å². The highest BCUT2D eigenvalue weighted by Crippen LogP contribution is 2.27. The van der Waals surface area contributed by atoms with Crippen molar-refractivity contribution in [3.63, 3.8) is 0 Å². The molecule has 1 rings (SSSR count). The quantitative estimate of drug-likeness (QED) is 0.727. The first-order valence-electron chi connectivity index (χ1n) is 5.12. The van der Waals surface area contributed by atoms with E-state index in [1.54, 1.807) is 0 Å². The van der Waals surface area contributed by atoms with E-state index in [0.717, 1.165) is 12.1 Å². The normalized spacial score (nSPS) is 11.3. The average Bonchev–Trinajstić information content (AvgIpc) is 2.63. The fourth-order valence-electron chi connectivity index (χ4n) is 1.49. The molecule has 0 amide bonds. The number of H-pyrrole nitrogens is 1. The first-order chi connectivity index (χ1) is 6.60. The highest BCUT2D eigenvalue weighted by Gasteiger charge is 2.21. The summed E-state index contributed by atoms with van der Waals surface area (Å²) in [4.78, 5) is 7.28. The second-order valence-corrected chi connectivity index (χ2v) is 4.28. The minimum atomic E-state index is 0.151. The number of hydrogen-bond acceptors (Lipinski definition) is 1. The molecule has 0 radical (unpaired) electrons. The van der Waals surface area contributed by atoms with Crippen LogP contribution in [0.15, 0.2) is 6.20 Å². The maximum absolute atomic E-state index is 5.26. The second-order valence-electron chi connectivity index (χ2n) is 4.28. The first-order valence-corrected chi connectivity index (χ1v) is 5.12. The third kappa shape index (κ3) is 2.38. The Labute approximate surface area is 86.1 Å². The van der Waals surface area contributed by atoms with Crippen LogP contribution >= 0.6 is 0 Å². The van der Waals surface area contributed by atoms with E-state index in [2.05, 4.69) is 36.7 Å².